The van der Waals surface area contributed by atoms with Gasteiger partial charge in [0.25, 0.3) is 0 Å². The summed E-state index contributed by atoms with van der Waals surface area (Å²) in [5.41, 5.74) is 1.31. The fourth-order valence-electron chi connectivity index (χ4n) is 3.20. The van der Waals surface area contributed by atoms with Crippen LogP contribution in [0.15, 0.2) is 22.9 Å². The lowest BCUT2D eigenvalue weighted by atomic mass is 9.76. The number of aromatic nitrogens is 1. The number of rotatable bonds is 4. The minimum Gasteiger partial charge on any atom is -0.313 e. The molecule has 1 unspecified atom stereocenters. The molecule has 1 aromatic rings. The van der Waals surface area contributed by atoms with E-state index in [9.17, 15) is 0 Å². The average molecular weight is 311 g/mol. The molecular formula is C15H23BrN2. The highest BCUT2D eigenvalue weighted by Gasteiger charge is 2.27. The van der Waals surface area contributed by atoms with Crippen LogP contribution in [0.5, 0.6) is 0 Å². The molecule has 1 atom stereocenters. The Bertz CT molecular complexity index is 373. The van der Waals surface area contributed by atoms with Crippen LogP contribution in [0.4, 0.5) is 0 Å². The van der Waals surface area contributed by atoms with Crippen LogP contribution in [-0.4, -0.2) is 12.0 Å². The van der Waals surface area contributed by atoms with Crippen molar-refractivity contribution in [2.75, 3.05) is 7.05 Å². The lowest BCUT2D eigenvalue weighted by Gasteiger charge is -2.33. The summed E-state index contributed by atoms with van der Waals surface area (Å²) < 4.78 is 1.07. The van der Waals surface area contributed by atoms with Gasteiger partial charge in [-0.15, -0.1) is 0 Å². The van der Waals surface area contributed by atoms with Gasteiger partial charge in [0.05, 0.1) is 0 Å². The fraction of sp³-hybridized carbons (Fsp3) is 0.667. The number of hydrogen-bond acceptors (Lipinski definition) is 2. The zero-order valence-corrected chi connectivity index (χ0v) is 12.9. The Labute approximate surface area is 119 Å². The molecule has 0 bridgehead atoms. The summed E-state index contributed by atoms with van der Waals surface area (Å²) in [6, 6.07) is 2.65. The molecule has 100 valence electrons. The van der Waals surface area contributed by atoms with Crippen LogP contribution in [0, 0.1) is 11.8 Å². The van der Waals surface area contributed by atoms with Crippen molar-refractivity contribution >= 4 is 15.9 Å². The fourth-order valence-corrected chi connectivity index (χ4v) is 3.59. The highest BCUT2D eigenvalue weighted by molar-refractivity contribution is 9.10. The Hall–Kier alpha value is -0.410. The first-order valence-corrected chi connectivity index (χ1v) is 7.81. The standard InChI is InChI=1S/C15H23BrN2/c1-3-11-4-6-12(7-5-11)15(17-2)13-8-14(16)10-18-9-13/h8-12,15,17H,3-7H2,1-2H3. The minimum absolute atomic E-state index is 0.452. The normalized spacial score (nSPS) is 25.9. The van der Waals surface area contributed by atoms with Crippen molar-refractivity contribution in [1.82, 2.24) is 10.3 Å². The van der Waals surface area contributed by atoms with Gasteiger partial charge in [-0.1, -0.05) is 26.2 Å². The van der Waals surface area contributed by atoms with E-state index in [1.807, 2.05) is 12.4 Å². The molecule has 0 aromatic carbocycles. The Morgan fingerprint density at radius 1 is 1.33 bits per heavy atom. The predicted molar refractivity (Wildman–Crippen MR) is 79.5 cm³/mol. The van der Waals surface area contributed by atoms with Gasteiger partial charge in [-0.3, -0.25) is 4.98 Å². The lowest BCUT2D eigenvalue weighted by Crippen LogP contribution is -2.28. The molecule has 0 radical (unpaired) electrons. The highest BCUT2D eigenvalue weighted by Crippen LogP contribution is 2.37. The Kier molecular flexibility index (Phi) is 5.19. The molecule has 18 heavy (non-hydrogen) atoms. The first kappa shape index (κ1) is 14.0. The van der Waals surface area contributed by atoms with E-state index in [-0.39, 0.29) is 0 Å². The van der Waals surface area contributed by atoms with Crippen LogP contribution in [0.1, 0.15) is 50.6 Å². The van der Waals surface area contributed by atoms with Gasteiger partial charge in [0.2, 0.25) is 0 Å². The van der Waals surface area contributed by atoms with E-state index >= 15 is 0 Å². The molecule has 1 aliphatic carbocycles. The van der Waals surface area contributed by atoms with Crippen molar-refractivity contribution in [3.63, 3.8) is 0 Å². The summed E-state index contributed by atoms with van der Waals surface area (Å²) in [5.74, 6) is 1.72. The van der Waals surface area contributed by atoms with Crippen molar-refractivity contribution in [1.29, 1.82) is 0 Å². The third kappa shape index (κ3) is 3.33. The average Bonchev–Trinajstić information content (AvgIpc) is 2.40. The van der Waals surface area contributed by atoms with Gasteiger partial charge in [0.15, 0.2) is 0 Å². The predicted octanol–water partition coefficient (Wildman–Crippen LogP) is 4.32. The maximum atomic E-state index is 4.29. The van der Waals surface area contributed by atoms with Gasteiger partial charge in [-0.2, -0.15) is 0 Å². The molecular weight excluding hydrogens is 288 g/mol. The van der Waals surface area contributed by atoms with E-state index in [0.29, 0.717) is 6.04 Å². The first-order valence-electron chi connectivity index (χ1n) is 7.02. The molecule has 0 aliphatic heterocycles. The first-order chi connectivity index (χ1) is 8.74. The largest absolute Gasteiger partial charge is 0.313 e. The minimum atomic E-state index is 0.452. The molecule has 0 spiro atoms. The van der Waals surface area contributed by atoms with Gasteiger partial charge in [0, 0.05) is 22.9 Å². The van der Waals surface area contributed by atoms with Crippen molar-refractivity contribution in [2.24, 2.45) is 11.8 Å². The van der Waals surface area contributed by atoms with Gasteiger partial charge < -0.3 is 5.32 Å². The van der Waals surface area contributed by atoms with Crippen molar-refractivity contribution in [3.05, 3.63) is 28.5 Å². The summed E-state index contributed by atoms with van der Waals surface area (Å²) in [7, 11) is 2.07. The van der Waals surface area contributed by atoms with Crippen LogP contribution >= 0.6 is 15.9 Å². The summed E-state index contributed by atoms with van der Waals surface area (Å²) in [4.78, 5) is 4.29. The van der Waals surface area contributed by atoms with E-state index in [2.05, 4.69) is 46.3 Å². The van der Waals surface area contributed by atoms with Crippen LogP contribution in [-0.2, 0) is 0 Å². The van der Waals surface area contributed by atoms with Crippen LogP contribution in [0.3, 0.4) is 0 Å². The third-order valence-electron chi connectivity index (χ3n) is 4.34. The third-order valence-corrected chi connectivity index (χ3v) is 4.77. The molecule has 1 N–H and O–H groups in total. The number of halogens is 1. The van der Waals surface area contributed by atoms with Gasteiger partial charge in [0.1, 0.15) is 0 Å². The van der Waals surface area contributed by atoms with E-state index in [1.54, 1.807) is 0 Å². The van der Waals surface area contributed by atoms with E-state index in [1.165, 1.54) is 37.7 Å². The number of pyridine rings is 1. The summed E-state index contributed by atoms with van der Waals surface area (Å²) in [5, 5.41) is 3.49. The summed E-state index contributed by atoms with van der Waals surface area (Å²) >= 11 is 3.51. The second-order valence-electron chi connectivity index (χ2n) is 5.39. The van der Waals surface area contributed by atoms with Crippen LogP contribution in [0.2, 0.25) is 0 Å². The Balaban J connectivity index is 2.05. The number of nitrogens with one attached hydrogen (secondary N) is 1. The molecule has 0 saturated heterocycles. The molecule has 1 heterocycles. The zero-order chi connectivity index (χ0) is 13.0. The molecule has 0 amide bonds. The summed E-state index contributed by atoms with van der Waals surface area (Å²) in [6.07, 6.45) is 10.7. The second-order valence-corrected chi connectivity index (χ2v) is 6.31. The number of nitrogens with zero attached hydrogens (tertiary/aromatic N) is 1. The molecule has 1 aliphatic rings. The van der Waals surface area contributed by atoms with E-state index in [0.717, 1.165) is 16.3 Å². The second kappa shape index (κ2) is 6.67. The van der Waals surface area contributed by atoms with Crippen molar-refractivity contribution in [3.8, 4) is 0 Å². The van der Waals surface area contributed by atoms with Gasteiger partial charge in [-0.05, 0) is 59.3 Å². The molecule has 2 rings (SSSR count). The molecule has 1 fully saturated rings. The smallest absolute Gasteiger partial charge is 0.0410 e. The molecule has 3 heteroatoms. The molecule has 1 saturated carbocycles. The van der Waals surface area contributed by atoms with Crippen molar-refractivity contribution < 1.29 is 0 Å². The van der Waals surface area contributed by atoms with Crippen LogP contribution in [0.25, 0.3) is 0 Å². The van der Waals surface area contributed by atoms with Gasteiger partial charge >= 0.3 is 0 Å². The molecule has 1 aromatic heterocycles. The molecule has 2 nitrogen and oxygen atoms in total. The lowest BCUT2D eigenvalue weighted by molar-refractivity contribution is 0.224. The maximum Gasteiger partial charge on any atom is 0.0410 e. The van der Waals surface area contributed by atoms with E-state index in [4.69, 9.17) is 0 Å². The van der Waals surface area contributed by atoms with Gasteiger partial charge in [-0.25, -0.2) is 0 Å². The SMILES string of the molecule is CCC1CCC(C(NC)c2cncc(Br)c2)CC1. The van der Waals surface area contributed by atoms with E-state index < -0.39 is 0 Å². The monoisotopic (exact) mass is 310 g/mol. The number of hydrogen-bond donors (Lipinski definition) is 1. The highest BCUT2D eigenvalue weighted by atomic mass is 79.9. The topological polar surface area (TPSA) is 24.9 Å². The van der Waals surface area contributed by atoms with Crippen LogP contribution < -0.4 is 5.32 Å². The maximum absolute atomic E-state index is 4.29. The quantitative estimate of drug-likeness (QED) is 0.895. The Morgan fingerprint density at radius 3 is 2.61 bits per heavy atom. The summed E-state index contributed by atoms with van der Waals surface area (Å²) in [6.45, 7) is 2.32. The zero-order valence-electron chi connectivity index (χ0n) is 11.3. The van der Waals surface area contributed by atoms with Crippen molar-refractivity contribution in [2.45, 2.75) is 45.1 Å². The Morgan fingerprint density at radius 2 is 2.06 bits per heavy atom.